The molecule has 2 N–H and O–H groups in total. The molecule has 0 saturated heterocycles. The molecule has 0 amide bonds. The van der Waals surface area contributed by atoms with Gasteiger partial charge in [-0.15, -0.1) is 0 Å². The van der Waals surface area contributed by atoms with Crippen molar-refractivity contribution < 1.29 is 19.7 Å². The van der Waals surface area contributed by atoms with Crippen molar-refractivity contribution in [3.8, 4) is 0 Å². The number of aliphatic hydroxyl groups excluding tert-OH is 1. The van der Waals surface area contributed by atoms with Gasteiger partial charge in [-0.05, 0) is 13.8 Å². The first-order valence-electron chi connectivity index (χ1n) is 5.10. The molecule has 0 aliphatic heterocycles. The van der Waals surface area contributed by atoms with Crippen LogP contribution in [0.1, 0.15) is 20.3 Å². The fourth-order valence-corrected chi connectivity index (χ4v) is 1.31. The number of carbonyl (C=O) groups is 1. The number of carboxylic acid groups (broad SMARTS) is 1. The van der Waals surface area contributed by atoms with Gasteiger partial charge in [0, 0.05) is 26.2 Å². The predicted molar refractivity (Wildman–Crippen MR) is 56.8 cm³/mol. The Hall–Kier alpha value is -0.650. The quantitative estimate of drug-likeness (QED) is 0.609. The molecule has 0 bridgehead atoms. The van der Waals surface area contributed by atoms with Gasteiger partial charge >= 0.3 is 5.97 Å². The number of carboxylic acids is 1. The van der Waals surface area contributed by atoms with Crippen LogP contribution >= 0.6 is 0 Å². The summed E-state index contributed by atoms with van der Waals surface area (Å²) in [5.74, 6) is -0.974. The van der Waals surface area contributed by atoms with Crippen LogP contribution in [0.2, 0.25) is 0 Å². The molecule has 0 aliphatic carbocycles. The Kier molecular flexibility index (Phi) is 7.29. The Morgan fingerprint density at radius 2 is 2.07 bits per heavy atom. The van der Waals surface area contributed by atoms with Crippen LogP contribution in [0.25, 0.3) is 0 Å². The number of aliphatic carboxylic acids is 1. The van der Waals surface area contributed by atoms with Gasteiger partial charge in [-0.2, -0.15) is 0 Å². The van der Waals surface area contributed by atoms with E-state index in [1.165, 1.54) is 0 Å². The minimum absolute atomic E-state index is 0.212. The van der Waals surface area contributed by atoms with E-state index in [9.17, 15) is 9.90 Å². The molecule has 0 aromatic rings. The predicted octanol–water partition coefficient (Wildman–Crippen LogP) is 0.179. The molecule has 1 atom stereocenters. The molecule has 0 aromatic carbocycles. The van der Waals surface area contributed by atoms with Crippen molar-refractivity contribution in [2.24, 2.45) is 0 Å². The van der Waals surface area contributed by atoms with Crippen molar-refractivity contribution >= 4 is 5.97 Å². The highest BCUT2D eigenvalue weighted by Gasteiger charge is 2.16. The topological polar surface area (TPSA) is 70.0 Å². The van der Waals surface area contributed by atoms with Gasteiger partial charge in [0.2, 0.25) is 0 Å². The zero-order valence-corrected chi connectivity index (χ0v) is 9.64. The Morgan fingerprint density at radius 3 is 2.47 bits per heavy atom. The summed E-state index contributed by atoms with van der Waals surface area (Å²) in [6.07, 6.45) is -1.03. The third kappa shape index (κ3) is 7.30. The van der Waals surface area contributed by atoms with E-state index in [1.807, 2.05) is 18.7 Å². The highest BCUT2D eigenvalue weighted by Crippen LogP contribution is 2.02. The lowest BCUT2D eigenvalue weighted by Crippen LogP contribution is -2.40. The number of methoxy groups -OCH3 is 1. The second kappa shape index (κ2) is 7.62. The molecular weight excluding hydrogens is 198 g/mol. The van der Waals surface area contributed by atoms with Crippen LogP contribution < -0.4 is 0 Å². The maximum absolute atomic E-state index is 10.4. The molecule has 0 spiro atoms. The van der Waals surface area contributed by atoms with E-state index in [0.29, 0.717) is 19.7 Å². The summed E-state index contributed by atoms with van der Waals surface area (Å²) in [5.41, 5.74) is 0. The van der Waals surface area contributed by atoms with E-state index >= 15 is 0 Å². The first kappa shape index (κ1) is 14.3. The molecule has 0 aliphatic rings. The minimum Gasteiger partial charge on any atom is -0.481 e. The first-order chi connectivity index (χ1) is 6.97. The number of aliphatic hydroxyl groups is 1. The van der Waals surface area contributed by atoms with Crippen molar-refractivity contribution in [1.82, 2.24) is 4.90 Å². The summed E-state index contributed by atoms with van der Waals surface area (Å²) in [4.78, 5) is 12.4. The molecule has 90 valence electrons. The fourth-order valence-electron chi connectivity index (χ4n) is 1.31. The summed E-state index contributed by atoms with van der Waals surface area (Å²) in [6, 6.07) is 0.267. The van der Waals surface area contributed by atoms with Crippen LogP contribution in [-0.4, -0.2) is 60.0 Å². The van der Waals surface area contributed by atoms with Crippen LogP contribution in [0.3, 0.4) is 0 Å². The third-order valence-electron chi connectivity index (χ3n) is 2.17. The Labute approximate surface area is 90.6 Å². The van der Waals surface area contributed by atoms with Gasteiger partial charge in [-0.3, -0.25) is 9.69 Å². The standard InChI is InChI=1S/C10H21NO4/c1-8(2)11(4-5-15-3)7-9(12)6-10(13)14/h8-9,12H,4-7H2,1-3H3,(H,13,14). The minimum atomic E-state index is -0.974. The van der Waals surface area contributed by atoms with Crippen molar-refractivity contribution in [1.29, 1.82) is 0 Å². The van der Waals surface area contributed by atoms with Gasteiger partial charge in [0.1, 0.15) is 0 Å². The summed E-state index contributed by atoms with van der Waals surface area (Å²) in [6.45, 7) is 5.66. The molecule has 15 heavy (non-hydrogen) atoms. The van der Waals surface area contributed by atoms with Crippen molar-refractivity contribution in [2.45, 2.75) is 32.4 Å². The zero-order valence-electron chi connectivity index (χ0n) is 9.64. The molecule has 5 nitrogen and oxygen atoms in total. The smallest absolute Gasteiger partial charge is 0.306 e. The number of nitrogens with zero attached hydrogens (tertiary/aromatic N) is 1. The van der Waals surface area contributed by atoms with Crippen LogP contribution in [-0.2, 0) is 9.53 Å². The van der Waals surface area contributed by atoms with E-state index in [1.54, 1.807) is 7.11 Å². The summed E-state index contributed by atoms with van der Waals surface area (Å²) in [5, 5.41) is 18.0. The molecule has 0 radical (unpaired) electrons. The largest absolute Gasteiger partial charge is 0.481 e. The van der Waals surface area contributed by atoms with Gasteiger partial charge in [0.15, 0.2) is 0 Å². The molecule has 0 rings (SSSR count). The van der Waals surface area contributed by atoms with E-state index < -0.39 is 12.1 Å². The fraction of sp³-hybridized carbons (Fsp3) is 0.900. The molecular formula is C10H21NO4. The molecule has 0 saturated carbocycles. The number of rotatable bonds is 8. The monoisotopic (exact) mass is 219 g/mol. The van der Waals surface area contributed by atoms with E-state index in [-0.39, 0.29) is 12.5 Å². The van der Waals surface area contributed by atoms with Gasteiger partial charge in [0.25, 0.3) is 0 Å². The average Bonchev–Trinajstić information content (AvgIpc) is 2.10. The summed E-state index contributed by atoms with van der Waals surface area (Å²) >= 11 is 0. The Balaban J connectivity index is 3.97. The highest BCUT2D eigenvalue weighted by molar-refractivity contribution is 5.67. The maximum Gasteiger partial charge on any atom is 0.306 e. The van der Waals surface area contributed by atoms with E-state index in [0.717, 1.165) is 0 Å². The van der Waals surface area contributed by atoms with Crippen molar-refractivity contribution in [2.75, 3.05) is 26.8 Å². The molecule has 0 aromatic heterocycles. The van der Waals surface area contributed by atoms with Crippen LogP contribution in [0, 0.1) is 0 Å². The molecule has 0 fully saturated rings. The lowest BCUT2D eigenvalue weighted by Gasteiger charge is -2.27. The number of ether oxygens (including phenoxy) is 1. The maximum atomic E-state index is 10.4. The molecule has 0 heterocycles. The summed E-state index contributed by atoms with van der Waals surface area (Å²) < 4.78 is 4.95. The van der Waals surface area contributed by atoms with Gasteiger partial charge < -0.3 is 14.9 Å². The lowest BCUT2D eigenvalue weighted by atomic mass is 10.2. The SMILES string of the molecule is COCCN(CC(O)CC(=O)O)C(C)C. The normalized spacial score (nSPS) is 13.5. The van der Waals surface area contributed by atoms with E-state index in [2.05, 4.69) is 0 Å². The second-order valence-electron chi connectivity index (χ2n) is 3.83. The van der Waals surface area contributed by atoms with E-state index in [4.69, 9.17) is 9.84 Å². The van der Waals surface area contributed by atoms with Gasteiger partial charge in [-0.1, -0.05) is 0 Å². The van der Waals surface area contributed by atoms with Crippen molar-refractivity contribution in [3.63, 3.8) is 0 Å². The van der Waals surface area contributed by atoms with Crippen LogP contribution in [0.4, 0.5) is 0 Å². The third-order valence-corrected chi connectivity index (χ3v) is 2.17. The van der Waals surface area contributed by atoms with Gasteiger partial charge in [-0.25, -0.2) is 0 Å². The second-order valence-corrected chi connectivity index (χ2v) is 3.83. The first-order valence-corrected chi connectivity index (χ1v) is 5.10. The van der Waals surface area contributed by atoms with Gasteiger partial charge in [0.05, 0.1) is 19.1 Å². The highest BCUT2D eigenvalue weighted by atomic mass is 16.5. The molecule has 5 heteroatoms. The zero-order chi connectivity index (χ0) is 11.8. The number of hydrogen-bond donors (Lipinski definition) is 2. The van der Waals surface area contributed by atoms with Crippen LogP contribution in [0.15, 0.2) is 0 Å². The van der Waals surface area contributed by atoms with Crippen molar-refractivity contribution in [3.05, 3.63) is 0 Å². The number of hydrogen-bond acceptors (Lipinski definition) is 4. The molecule has 1 unspecified atom stereocenters. The Bertz CT molecular complexity index is 184. The summed E-state index contributed by atoms with van der Waals surface area (Å²) in [7, 11) is 1.62. The lowest BCUT2D eigenvalue weighted by molar-refractivity contribution is -0.139. The van der Waals surface area contributed by atoms with Crippen LogP contribution in [0.5, 0.6) is 0 Å². The Morgan fingerprint density at radius 1 is 1.47 bits per heavy atom. The average molecular weight is 219 g/mol.